The van der Waals surface area contributed by atoms with Gasteiger partial charge in [0.25, 0.3) is 0 Å². The molecule has 0 radical (unpaired) electrons. The molecule has 19 heavy (non-hydrogen) atoms. The second kappa shape index (κ2) is 8.04. The molecule has 0 aromatic heterocycles. The number of rotatable bonds is 9. The molecule has 0 aliphatic rings. The van der Waals surface area contributed by atoms with Crippen molar-refractivity contribution < 1.29 is 13.2 Å². The third kappa shape index (κ3) is 6.47. The average molecular weight is 285 g/mol. The lowest BCUT2D eigenvalue weighted by Gasteiger charge is -2.08. The van der Waals surface area contributed by atoms with Crippen LogP contribution in [0.25, 0.3) is 0 Å². The molecule has 0 saturated carbocycles. The van der Waals surface area contributed by atoms with E-state index in [1.165, 1.54) is 0 Å². The predicted molar refractivity (Wildman–Crippen MR) is 79.1 cm³/mol. The van der Waals surface area contributed by atoms with Gasteiger partial charge in [-0.3, -0.25) is 0 Å². The Kier molecular flexibility index (Phi) is 6.70. The first-order chi connectivity index (χ1) is 9.05. The van der Waals surface area contributed by atoms with Crippen LogP contribution in [0.2, 0.25) is 0 Å². The summed E-state index contributed by atoms with van der Waals surface area (Å²) in [6, 6.07) is 7.22. The summed E-state index contributed by atoms with van der Waals surface area (Å²) in [5.74, 6) is 1.09. The Morgan fingerprint density at radius 1 is 1.11 bits per heavy atom. The summed E-state index contributed by atoms with van der Waals surface area (Å²) in [6.07, 6.45) is 3.26. The quantitative estimate of drug-likeness (QED) is 0.559. The molecule has 0 atom stereocenters. The standard InChI is InChI=1S/C14H23NO3S/c1-2-3-6-11-19(16,17)12-7-10-18-14-9-5-4-8-13(14)15/h4-5,8-9H,2-3,6-7,10-12,15H2,1H3. The molecule has 5 heteroatoms. The minimum Gasteiger partial charge on any atom is -0.491 e. The van der Waals surface area contributed by atoms with Crippen molar-refractivity contribution >= 4 is 15.5 Å². The molecule has 108 valence electrons. The molecule has 0 unspecified atom stereocenters. The second-order valence-electron chi connectivity index (χ2n) is 4.60. The molecule has 0 fully saturated rings. The summed E-state index contributed by atoms with van der Waals surface area (Å²) in [4.78, 5) is 0. The van der Waals surface area contributed by atoms with Crippen LogP contribution in [0, 0.1) is 0 Å². The monoisotopic (exact) mass is 285 g/mol. The number of benzene rings is 1. The Morgan fingerprint density at radius 2 is 1.79 bits per heavy atom. The van der Waals surface area contributed by atoms with Crippen molar-refractivity contribution in [2.24, 2.45) is 0 Å². The van der Waals surface area contributed by atoms with E-state index in [-0.39, 0.29) is 11.5 Å². The van der Waals surface area contributed by atoms with Crippen LogP contribution in [-0.4, -0.2) is 26.5 Å². The van der Waals surface area contributed by atoms with E-state index in [1.807, 2.05) is 12.1 Å². The molecule has 1 aromatic carbocycles. The molecule has 0 bridgehead atoms. The average Bonchev–Trinajstić information content (AvgIpc) is 2.37. The molecule has 0 amide bonds. The number of hydrogen-bond donors (Lipinski definition) is 1. The maximum absolute atomic E-state index is 11.7. The van der Waals surface area contributed by atoms with Crippen molar-refractivity contribution in [1.29, 1.82) is 0 Å². The number of nitrogen functional groups attached to an aromatic ring is 1. The molecule has 0 saturated heterocycles. The van der Waals surface area contributed by atoms with Gasteiger partial charge in [0.2, 0.25) is 0 Å². The van der Waals surface area contributed by atoms with Gasteiger partial charge < -0.3 is 10.5 Å². The van der Waals surface area contributed by atoms with E-state index in [1.54, 1.807) is 12.1 Å². The van der Waals surface area contributed by atoms with E-state index in [4.69, 9.17) is 10.5 Å². The number of anilines is 1. The van der Waals surface area contributed by atoms with Crippen molar-refractivity contribution in [3.8, 4) is 5.75 Å². The van der Waals surface area contributed by atoms with Crippen LogP contribution in [0.5, 0.6) is 5.75 Å². The highest BCUT2D eigenvalue weighted by atomic mass is 32.2. The fraction of sp³-hybridized carbons (Fsp3) is 0.571. The minimum absolute atomic E-state index is 0.184. The maximum atomic E-state index is 11.7. The number of para-hydroxylation sites is 2. The van der Waals surface area contributed by atoms with Crippen molar-refractivity contribution in [3.05, 3.63) is 24.3 Å². The van der Waals surface area contributed by atoms with Gasteiger partial charge in [0, 0.05) is 0 Å². The van der Waals surface area contributed by atoms with Crippen LogP contribution >= 0.6 is 0 Å². The van der Waals surface area contributed by atoms with Gasteiger partial charge in [-0.25, -0.2) is 8.42 Å². The van der Waals surface area contributed by atoms with Crippen molar-refractivity contribution in [3.63, 3.8) is 0 Å². The van der Waals surface area contributed by atoms with Gasteiger partial charge >= 0.3 is 0 Å². The fourth-order valence-corrected chi connectivity index (χ4v) is 3.15. The predicted octanol–water partition coefficient (Wildman–Crippen LogP) is 2.64. The van der Waals surface area contributed by atoms with Gasteiger partial charge in [0.1, 0.15) is 15.6 Å². The zero-order valence-electron chi connectivity index (χ0n) is 11.5. The number of ether oxygens (including phenoxy) is 1. The zero-order chi connectivity index (χ0) is 14.1. The first kappa shape index (κ1) is 15.8. The number of unbranched alkanes of at least 4 members (excludes halogenated alkanes) is 2. The summed E-state index contributed by atoms with van der Waals surface area (Å²) in [5.41, 5.74) is 6.30. The Hall–Kier alpha value is -1.23. The number of nitrogens with two attached hydrogens (primary N) is 1. The van der Waals surface area contributed by atoms with Gasteiger partial charge in [0.05, 0.1) is 23.8 Å². The maximum Gasteiger partial charge on any atom is 0.150 e. The van der Waals surface area contributed by atoms with E-state index in [9.17, 15) is 8.42 Å². The van der Waals surface area contributed by atoms with Crippen LogP contribution < -0.4 is 10.5 Å². The van der Waals surface area contributed by atoms with Gasteiger partial charge in [-0.1, -0.05) is 31.9 Å². The third-order valence-electron chi connectivity index (χ3n) is 2.84. The highest BCUT2D eigenvalue weighted by molar-refractivity contribution is 7.91. The van der Waals surface area contributed by atoms with Crippen LogP contribution in [0.3, 0.4) is 0 Å². The topological polar surface area (TPSA) is 69.4 Å². The highest BCUT2D eigenvalue weighted by Gasteiger charge is 2.10. The molecule has 1 rings (SSSR count). The van der Waals surface area contributed by atoms with Gasteiger partial charge in [0.15, 0.2) is 0 Å². The van der Waals surface area contributed by atoms with E-state index in [0.29, 0.717) is 24.5 Å². The molecular weight excluding hydrogens is 262 g/mol. The smallest absolute Gasteiger partial charge is 0.150 e. The SMILES string of the molecule is CCCCCS(=O)(=O)CCCOc1ccccc1N. The Bertz CT molecular complexity index is 471. The van der Waals surface area contributed by atoms with Gasteiger partial charge in [-0.05, 0) is 25.0 Å². The lowest BCUT2D eigenvalue weighted by Crippen LogP contribution is -2.14. The largest absolute Gasteiger partial charge is 0.491 e. The Balaban J connectivity index is 2.25. The van der Waals surface area contributed by atoms with E-state index in [2.05, 4.69) is 6.92 Å². The third-order valence-corrected chi connectivity index (χ3v) is 4.66. The van der Waals surface area contributed by atoms with Crippen molar-refractivity contribution in [2.45, 2.75) is 32.6 Å². The molecule has 1 aromatic rings. The van der Waals surface area contributed by atoms with E-state index < -0.39 is 9.84 Å². The molecule has 0 aliphatic heterocycles. The molecule has 4 nitrogen and oxygen atoms in total. The number of sulfone groups is 1. The van der Waals surface area contributed by atoms with Crippen LogP contribution in [-0.2, 0) is 9.84 Å². The summed E-state index contributed by atoms with van der Waals surface area (Å²) in [5, 5.41) is 0. The Morgan fingerprint density at radius 3 is 2.47 bits per heavy atom. The minimum atomic E-state index is -2.93. The fourth-order valence-electron chi connectivity index (χ4n) is 1.75. The molecule has 0 aliphatic carbocycles. The van der Waals surface area contributed by atoms with Crippen LogP contribution in [0.1, 0.15) is 32.6 Å². The van der Waals surface area contributed by atoms with Crippen molar-refractivity contribution in [1.82, 2.24) is 0 Å². The summed E-state index contributed by atoms with van der Waals surface area (Å²) in [7, 11) is -2.93. The lowest BCUT2D eigenvalue weighted by atomic mass is 10.3. The second-order valence-corrected chi connectivity index (χ2v) is 6.90. The first-order valence-corrected chi connectivity index (χ1v) is 8.55. The molecule has 0 heterocycles. The van der Waals surface area contributed by atoms with E-state index in [0.717, 1.165) is 19.3 Å². The molecule has 0 spiro atoms. The lowest BCUT2D eigenvalue weighted by molar-refractivity contribution is 0.319. The normalized spacial score (nSPS) is 11.4. The van der Waals surface area contributed by atoms with Gasteiger partial charge in [-0.2, -0.15) is 0 Å². The zero-order valence-corrected chi connectivity index (χ0v) is 12.3. The van der Waals surface area contributed by atoms with Gasteiger partial charge in [-0.15, -0.1) is 0 Å². The van der Waals surface area contributed by atoms with Crippen LogP contribution in [0.15, 0.2) is 24.3 Å². The molecule has 2 N–H and O–H groups in total. The molecular formula is C14H23NO3S. The van der Waals surface area contributed by atoms with Crippen molar-refractivity contribution in [2.75, 3.05) is 23.8 Å². The van der Waals surface area contributed by atoms with E-state index >= 15 is 0 Å². The summed E-state index contributed by atoms with van der Waals surface area (Å²) < 4.78 is 28.9. The first-order valence-electron chi connectivity index (χ1n) is 6.73. The number of hydrogen-bond acceptors (Lipinski definition) is 4. The Labute approximate surface area is 115 Å². The summed E-state index contributed by atoms with van der Waals surface area (Å²) in [6.45, 7) is 2.44. The van der Waals surface area contributed by atoms with Crippen LogP contribution in [0.4, 0.5) is 5.69 Å². The summed E-state index contributed by atoms with van der Waals surface area (Å²) >= 11 is 0. The highest BCUT2D eigenvalue weighted by Crippen LogP contribution is 2.19.